The Bertz CT molecular complexity index is 1070. The lowest BCUT2D eigenvalue weighted by Crippen LogP contribution is -2.39. The second-order valence-corrected chi connectivity index (χ2v) is 7.02. The molecule has 0 amide bonds. The van der Waals surface area contributed by atoms with Gasteiger partial charge in [-0.3, -0.25) is 0 Å². The van der Waals surface area contributed by atoms with Gasteiger partial charge in [0.25, 0.3) is 0 Å². The van der Waals surface area contributed by atoms with Crippen LogP contribution in [0.4, 0.5) is 5.69 Å². The van der Waals surface area contributed by atoms with Crippen LogP contribution in [0.2, 0.25) is 0 Å². The van der Waals surface area contributed by atoms with Gasteiger partial charge in [0.1, 0.15) is 5.75 Å². The van der Waals surface area contributed by atoms with Gasteiger partial charge < -0.3 is 20.1 Å². The van der Waals surface area contributed by atoms with Crippen LogP contribution in [0.15, 0.2) is 54.6 Å². The zero-order valence-corrected chi connectivity index (χ0v) is 16.6. The van der Waals surface area contributed by atoms with E-state index in [-0.39, 0.29) is 5.69 Å². The second kappa shape index (κ2) is 7.92. The number of hydrogen-bond donors (Lipinski definition) is 2. The fourth-order valence-electron chi connectivity index (χ4n) is 3.49. The summed E-state index contributed by atoms with van der Waals surface area (Å²) in [5.74, 6) is -0.350. The van der Waals surface area contributed by atoms with Crippen LogP contribution < -0.4 is 10.1 Å². The number of thiocarbonyl (C=S) groups is 1. The highest BCUT2D eigenvalue weighted by atomic mass is 32.1. The molecule has 7 nitrogen and oxygen atoms in total. The highest BCUT2D eigenvalue weighted by Gasteiger charge is 2.29. The van der Waals surface area contributed by atoms with Crippen LogP contribution in [-0.2, 0) is 13.0 Å². The van der Waals surface area contributed by atoms with Crippen LogP contribution in [0.3, 0.4) is 0 Å². The third kappa shape index (κ3) is 3.66. The molecule has 0 saturated heterocycles. The molecule has 0 spiro atoms. The molecule has 2 N–H and O–H groups in total. The summed E-state index contributed by atoms with van der Waals surface area (Å²) in [6.45, 7) is 1.04. The number of anilines is 1. The number of hydrogen-bond acceptors (Lipinski definition) is 4. The predicted octanol–water partition coefficient (Wildman–Crippen LogP) is 3.33. The van der Waals surface area contributed by atoms with Gasteiger partial charge >= 0.3 is 5.97 Å². The smallest absolute Gasteiger partial charge is 0.356 e. The molecular formula is C21H20N4O3S. The first-order chi connectivity index (χ1) is 14.1. The van der Waals surface area contributed by atoms with E-state index < -0.39 is 5.97 Å². The van der Waals surface area contributed by atoms with Crippen molar-refractivity contribution in [1.29, 1.82) is 0 Å². The predicted molar refractivity (Wildman–Crippen MR) is 114 cm³/mol. The SMILES string of the molecule is COc1ccccc1NC(=S)N1CCc2c(c(C(=O)O)nn2-c2ccccc2)C1. The van der Waals surface area contributed by atoms with Crippen LogP contribution in [-0.4, -0.2) is 44.5 Å². The number of aromatic carboxylic acids is 1. The minimum Gasteiger partial charge on any atom is -0.495 e. The number of rotatable bonds is 4. The Balaban J connectivity index is 1.62. The maximum Gasteiger partial charge on any atom is 0.356 e. The van der Waals surface area contributed by atoms with Gasteiger partial charge in [-0.2, -0.15) is 5.10 Å². The van der Waals surface area contributed by atoms with Gasteiger partial charge in [-0.1, -0.05) is 30.3 Å². The first-order valence-corrected chi connectivity index (χ1v) is 9.57. The van der Waals surface area contributed by atoms with E-state index in [0.29, 0.717) is 35.9 Å². The third-order valence-electron chi connectivity index (χ3n) is 4.90. The van der Waals surface area contributed by atoms with Crippen molar-refractivity contribution in [3.8, 4) is 11.4 Å². The van der Waals surface area contributed by atoms with Crippen molar-refractivity contribution in [2.75, 3.05) is 19.0 Å². The number of methoxy groups -OCH3 is 1. The Morgan fingerprint density at radius 2 is 1.90 bits per heavy atom. The standard InChI is InChI=1S/C21H20N4O3S/c1-28-18-10-6-5-9-16(18)22-21(29)24-12-11-17-15(13-24)19(20(26)27)23-25(17)14-7-3-2-4-8-14/h2-10H,11-13H2,1H3,(H,22,29)(H,26,27). The zero-order valence-electron chi connectivity index (χ0n) is 15.8. The van der Waals surface area contributed by atoms with Crippen LogP contribution in [0.5, 0.6) is 5.75 Å². The molecule has 0 aliphatic carbocycles. The van der Waals surface area contributed by atoms with Crippen LogP contribution >= 0.6 is 12.2 Å². The Kier molecular flexibility index (Phi) is 5.18. The molecule has 1 aliphatic heterocycles. The molecule has 0 unspecified atom stereocenters. The van der Waals surface area contributed by atoms with Crippen molar-refractivity contribution >= 4 is 29.0 Å². The molecule has 3 aromatic rings. The van der Waals surface area contributed by atoms with E-state index in [2.05, 4.69) is 10.4 Å². The molecule has 4 rings (SSSR count). The average molecular weight is 408 g/mol. The Hall–Kier alpha value is -3.39. The summed E-state index contributed by atoms with van der Waals surface area (Å²) in [5, 5.41) is 17.8. The normalized spacial score (nSPS) is 12.9. The number of nitrogens with one attached hydrogen (secondary N) is 1. The highest BCUT2D eigenvalue weighted by Crippen LogP contribution is 2.28. The lowest BCUT2D eigenvalue weighted by Gasteiger charge is -2.30. The molecule has 29 heavy (non-hydrogen) atoms. The number of carboxylic acids is 1. The lowest BCUT2D eigenvalue weighted by molar-refractivity contribution is 0.0688. The first-order valence-electron chi connectivity index (χ1n) is 9.17. The summed E-state index contributed by atoms with van der Waals surface area (Å²) < 4.78 is 7.09. The summed E-state index contributed by atoms with van der Waals surface area (Å²) in [4.78, 5) is 13.8. The molecular weight excluding hydrogens is 388 g/mol. The van der Waals surface area contributed by atoms with Crippen LogP contribution in [0, 0.1) is 0 Å². The molecule has 0 fully saturated rings. The van der Waals surface area contributed by atoms with Crippen molar-refractivity contribution in [3.05, 3.63) is 71.5 Å². The van der Waals surface area contributed by atoms with Gasteiger partial charge in [-0.05, 0) is 36.5 Å². The zero-order chi connectivity index (χ0) is 20.4. The minimum absolute atomic E-state index is 0.0636. The van der Waals surface area contributed by atoms with E-state index in [4.69, 9.17) is 17.0 Å². The van der Waals surface area contributed by atoms with E-state index in [1.54, 1.807) is 11.8 Å². The van der Waals surface area contributed by atoms with Gasteiger partial charge in [-0.15, -0.1) is 0 Å². The quantitative estimate of drug-likeness (QED) is 0.641. The molecule has 1 aliphatic rings. The van der Waals surface area contributed by atoms with Crippen molar-refractivity contribution in [2.24, 2.45) is 0 Å². The van der Waals surface area contributed by atoms with Gasteiger partial charge in [0.2, 0.25) is 0 Å². The van der Waals surface area contributed by atoms with Crippen molar-refractivity contribution in [2.45, 2.75) is 13.0 Å². The number of carbonyl (C=O) groups is 1. The minimum atomic E-state index is -1.04. The maximum atomic E-state index is 11.8. The van der Waals surface area contributed by atoms with E-state index in [0.717, 1.165) is 17.1 Å². The fraction of sp³-hybridized carbons (Fsp3) is 0.190. The van der Waals surface area contributed by atoms with Gasteiger partial charge in [0.15, 0.2) is 10.8 Å². The van der Waals surface area contributed by atoms with Crippen molar-refractivity contribution < 1.29 is 14.6 Å². The molecule has 2 aromatic carbocycles. The molecule has 2 heterocycles. The van der Waals surface area contributed by atoms with E-state index in [1.165, 1.54) is 0 Å². The largest absolute Gasteiger partial charge is 0.495 e. The molecule has 1 aromatic heterocycles. The molecule has 8 heteroatoms. The Labute approximate surface area is 173 Å². The van der Waals surface area contributed by atoms with Crippen LogP contribution in [0.1, 0.15) is 21.7 Å². The number of nitrogens with zero attached hydrogens (tertiary/aromatic N) is 3. The van der Waals surface area contributed by atoms with E-state index >= 15 is 0 Å². The second-order valence-electron chi connectivity index (χ2n) is 6.63. The van der Waals surface area contributed by atoms with Crippen molar-refractivity contribution in [1.82, 2.24) is 14.7 Å². The number of fused-ring (bicyclic) bond motifs is 1. The molecule has 0 saturated carbocycles. The van der Waals surface area contributed by atoms with Gasteiger partial charge in [-0.25, -0.2) is 9.48 Å². The summed E-state index contributed by atoms with van der Waals surface area (Å²) in [6, 6.07) is 17.1. The van der Waals surface area contributed by atoms with E-state index in [1.807, 2.05) is 59.5 Å². The van der Waals surface area contributed by atoms with E-state index in [9.17, 15) is 9.90 Å². The van der Waals surface area contributed by atoms with Gasteiger partial charge in [0.05, 0.1) is 24.2 Å². The molecule has 0 radical (unpaired) electrons. The molecule has 148 valence electrons. The third-order valence-corrected chi connectivity index (χ3v) is 5.26. The topological polar surface area (TPSA) is 79.6 Å². The fourth-order valence-corrected chi connectivity index (χ4v) is 3.75. The first kappa shape index (κ1) is 18.9. The number of ether oxygens (including phenoxy) is 1. The number of benzene rings is 2. The molecule has 0 bridgehead atoms. The summed E-state index contributed by atoms with van der Waals surface area (Å²) in [5.41, 5.74) is 3.28. The maximum absolute atomic E-state index is 11.8. The van der Waals surface area contributed by atoms with Gasteiger partial charge in [0, 0.05) is 25.1 Å². The highest BCUT2D eigenvalue weighted by molar-refractivity contribution is 7.80. The number of aromatic nitrogens is 2. The monoisotopic (exact) mass is 408 g/mol. The summed E-state index contributed by atoms with van der Waals surface area (Å²) in [7, 11) is 1.61. The van der Waals surface area contributed by atoms with Crippen LogP contribution in [0.25, 0.3) is 5.69 Å². The number of carboxylic acid groups (broad SMARTS) is 1. The average Bonchev–Trinajstić information content (AvgIpc) is 3.14. The Morgan fingerprint density at radius 3 is 2.62 bits per heavy atom. The summed E-state index contributed by atoms with van der Waals surface area (Å²) in [6.07, 6.45) is 0.637. The number of para-hydroxylation sites is 3. The molecule has 0 atom stereocenters. The Morgan fingerprint density at radius 1 is 1.17 bits per heavy atom. The summed E-state index contributed by atoms with van der Waals surface area (Å²) >= 11 is 5.59. The van der Waals surface area contributed by atoms with Crippen molar-refractivity contribution in [3.63, 3.8) is 0 Å². The lowest BCUT2D eigenvalue weighted by atomic mass is 10.1.